The summed E-state index contributed by atoms with van der Waals surface area (Å²) in [7, 11) is 0. The van der Waals surface area contributed by atoms with Gasteiger partial charge in [-0.25, -0.2) is 0 Å². The molecule has 1 amide bonds. The molecule has 2 rings (SSSR count). The molecule has 1 saturated carbocycles. The fourth-order valence-corrected chi connectivity index (χ4v) is 3.59. The van der Waals surface area contributed by atoms with E-state index in [0.29, 0.717) is 12.5 Å². The molecule has 1 aromatic rings. The average molecular weight is 329 g/mol. The average Bonchev–Trinajstić information content (AvgIpc) is 2.72. The van der Waals surface area contributed by atoms with Gasteiger partial charge in [-0.1, -0.05) is 31.5 Å². The van der Waals surface area contributed by atoms with Crippen LogP contribution in [0.5, 0.6) is 0 Å². The van der Waals surface area contributed by atoms with Crippen molar-refractivity contribution in [3.05, 3.63) is 34.4 Å². The van der Waals surface area contributed by atoms with Gasteiger partial charge in [-0.15, -0.1) is 0 Å². The fraction of sp³-hybridized carbons (Fsp3) is 0.550. The predicted octanol–water partition coefficient (Wildman–Crippen LogP) is 3.02. The summed E-state index contributed by atoms with van der Waals surface area (Å²) < 4.78 is 0. The Morgan fingerprint density at radius 2 is 1.75 bits per heavy atom. The number of aryl methyl sites for hydroxylation is 3. The molecule has 2 unspecified atom stereocenters. The molecule has 0 spiro atoms. The molecule has 0 bridgehead atoms. The van der Waals surface area contributed by atoms with E-state index in [9.17, 15) is 14.4 Å². The quantitative estimate of drug-likeness (QED) is 0.845. The lowest BCUT2D eigenvalue weighted by molar-refractivity contribution is -0.128. The minimum absolute atomic E-state index is 0.0586. The van der Waals surface area contributed by atoms with Gasteiger partial charge >= 0.3 is 0 Å². The van der Waals surface area contributed by atoms with Crippen LogP contribution in [0, 0.1) is 32.6 Å². The van der Waals surface area contributed by atoms with Gasteiger partial charge in [-0.3, -0.25) is 14.4 Å². The maximum Gasteiger partial charge on any atom is 0.220 e. The summed E-state index contributed by atoms with van der Waals surface area (Å²) in [5.74, 6) is -1.14. The topological polar surface area (TPSA) is 63.2 Å². The van der Waals surface area contributed by atoms with Crippen LogP contribution < -0.4 is 5.32 Å². The summed E-state index contributed by atoms with van der Waals surface area (Å²) in [5.41, 5.74) is 3.91. The van der Waals surface area contributed by atoms with E-state index in [4.69, 9.17) is 0 Å². The monoisotopic (exact) mass is 329 g/mol. The second-order valence-corrected chi connectivity index (χ2v) is 7.42. The predicted molar refractivity (Wildman–Crippen MR) is 94.0 cm³/mol. The molecule has 1 aliphatic rings. The number of rotatable bonds is 5. The van der Waals surface area contributed by atoms with Gasteiger partial charge in [0.25, 0.3) is 0 Å². The van der Waals surface area contributed by atoms with Crippen LogP contribution in [0.4, 0.5) is 0 Å². The Morgan fingerprint density at radius 3 is 2.29 bits per heavy atom. The van der Waals surface area contributed by atoms with E-state index in [-0.39, 0.29) is 30.3 Å². The van der Waals surface area contributed by atoms with Crippen molar-refractivity contribution in [1.29, 1.82) is 0 Å². The van der Waals surface area contributed by atoms with Crippen LogP contribution in [0.15, 0.2) is 12.1 Å². The molecule has 0 aromatic heterocycles. The highest BCUT2D eigenvalue weighted by atomic mass is 16.2. The van der Waals surface area contributed by atoms with Crippen LogP contribution in [0.1, 0.15) is 54.9 Å². The number of hydrogen-bond acceptors (Lipinski definition) is 3. The Kier molecular flexibility index (Phi) is 5.58. The van der Waals surface area contributed by atoms with Gasteiger partial charge in [0, 0.05) is 25.3 Å². The van der Waals surface area contributed by atoms with Crippen molar-refractivity contribution in [2.45, 2.75) is 53.4 Å². The van der Waals surface area contributed by atoms with E-state index < -0.39 is 11.8 Å². The molecule has 1 N–H and O–H groups in total. The minimum atomic E-state index is -0.700. The van der Waals surface area contributed by atoms with Crippen LogP contribution in [-0.4, -0.2) is 24.0 Å². The first-order valence-electron chi connectivity index (χ1n) is 8.61. The molecular weight excluding hydrogens is 302 g/mol. The van der Waals surface area contributed by atoms with Crippen LogP contribution in [0.25, 0.3) is 0 Å². The number of ketones is 2. The summed E-state index contributed by atoms with van der Waals surface area (Å²) in [6, 6.07) is 4.01. The van der Waals surface area contributed by atoms with E-state index in [1.807, 2.05) is 46.8 Å². The molecular formula is C20H27NO3. The number of hydrogen-bond donors (Lipinski definition) is 1. The number of nitrogens with one attached hydrogen (secondary N) is 1. The maximum absolute atomic E-state index is 12.8. The first-order chi connectivity index (χ1) is 11.2. The van der Waals surface area contributed by atoms with Crippen molar-refractivity contribution in [2.75, 3.05) is 6.54 Å². The van der Waals surface area contributed by atoms with Gasteiger partial charge in [-0.05, 0) is 43.4 Å². The van der Waals surface area contributed by atoms with Gasteiger partial charge < -0.3 is 5.32 Å². The largest absolute Gasteiger partial charge is 0.356 e. The first kappa shape index (κ1) is 18.4. The van der Waals surface area contributed by atoms with Crippen LogP contribution in [0.3, 0.4) is 0 Å². The minimum Gasteiger partial charge on any atom is -0.356 e. The third kappa shape index (κ3) is 3.92. The Morgan fingerprint density at radius 1 is 1.17 bits per heavy atom. The van der Waals surface area contributed by atoms with Crippen LogP contribution in [0.2, 0.25) is 0 Å². The molecule has 2 atom stereocenters. The highest BCUT2D eigenvalue weighted by molar-refractivity contribution is 6.15. The lowest BCUT2D eigenvalue weighted by Crippen LogP contribution is -2.30. The SMILES string of the molecule is Cc1cc(C)c(C2C(=O)CC(CC(=O)NCC(C)C)C2=O)c(C)c1. The molecule has 0 radical (unpaired) electrons. The Labute approximate surface area is 144 Å². The summed E-state index contributed by atoms with van der Waals surface area (Å²) in [5, 5.41) is 2.83. The van der Waals surface area contributed by atoms with Crippen molar-refractivity contribution >= 4 is 17.5 Å². The van der Waals surface area contributed by atoms with E-state index >= 15 is 0 Å². The highest BCUT2D eigenvalue weighted by Crippen LogP contribution is 2.37. The van der Waals surface area contributed by atoms with Gasteiger partial charge in [0.15, 0.2) is 5.78 Å². The molecule has 0 heterocycles. The van der Waals surface area contributed by atoms with Crippen LogP contribution >= 0.6 is 0 Å². The number of benzene rings is 1. The maximum atomic E-state index is 12.8. The Hall–Kier alpha value is -1.97. The van der Waals surface area contributed by atoms with E-state index in [1.54, 1.807) is 0 Å². The number of amides is 1. The van der Waals surface area contributed by atoms with Gasteiger partial charge in [-0.2, -0.15) is 0 Å². The van der Waals surface area contributed by atoms with E-state index in [0.717, 1.165) is 22.3 Å². The summed E-state index contributed by atoms with van der Waals surface area (Å²) in [6.45, 7) is 10.5. The molecule has 4 nitrogen and oxygen atoms in total. The molecule has 4 heteroatoms. The zero-order chi connectivity index (χ0) is 18.0. The smallest absolute Gasteiger partial charge is 0.220 e. The molecule has 1 fully saturated rings. The van der Waals surface area contributed by atoms with Crippen molar-refractivity contribution in [3.8, 4) is 0 Å². The molecule has 0 saturated heterocycles. The second kappa shape index (κ2) is 7.29. The third-order valence-electron chi connectivity index (χ3n) is 4.62. The highest BCUT2D eigenvalue weighted by Gasteiger charge is 2.43. The second-order valence-electron chi connectivity index (χ2n) is 7.42. The molecule has 0 aliphatic heterocycles. The summed E-state index contributed by atoms with van der Waals surface area (Å²) in [6.07, 6.45) is 0.281. The van der Waals surface area contributed by atoms with E-state index in [2.05, 4.69) is 5.32 Å². The van der Waals surface area contributed by atoms with Crippen molar-refractivity contribution < 1.29 is 14.4 Å². The third-order valence-corrected chi connectivity index (χ3v) is 4.62. The fourth-order valence-electron chi connectivity index (χ4n) is 3.59. The molecule has 24 heavy (non-hydrogen) atoms. The lowest BCUT2D eigenvalue weighted by atomic mass is 9.86. The molecule has 1 aliphatic carbocycles. The first-order valence-corrected chi connectivity index (χ1v) is 8.61. The van der Waals surface area contributed by atoms with Crippen molar-refractivity contribution in [2.24, 2.45) is 11.8 Å². The Bertz CT molecular complexity index is 652. The standard InChI is InChI=1S/C20H27NO3/c1-11(2)10-21-17(23)9-15-8-16(22)19(20(15)24)18-13(4)6-12(3)7-14(18)5/h6-7,11,15,19H,8-10H2,1-5H3,(H,21,23). The van der Waals surface area contributed by atoms with Crippen molar-refractivity contribution in [1.82, 2.24) is 5.32 Å². The van der Waals surface area contributed by atoms with Crippen LogP contribution in [-0.2, 0) is 14.4 Å². The van der Waals surface area contributed by atoms with E-state index in [1.165, 1.54) is 0 Å². The zero-order valence-corrected chi connectivity index (χ0v) is 15.2. The van der Waals surface area contributed by atoms with Gasteiger partial charge in [0.2, 0.25) is 5.91 Å². The number of Topliss-reactive ketones (excluding diaryl/α,β-unsaturated/α-hetero) is 2. The molecule has 130 valence electrons. The molecule has 1 aromatic carbocycles. The normalized spacial score (nSPS) is 20.8. The summed E-state index contributed by atoms with van der Waals surface area (Å²) >= 11 is 0. The Balaban J connectivity index is 2.17. The lowest BCUT2D eigenvalue weighted by Gasteiger charge is -2.16. The number of carbonyl (C=O) groups excluding carboxylic acids is 3. The van der Waals surface area contributed by atoms with Gasteiger partial charge in [0.1, 0.15) is 11.7 Å². The van der Waals surface area contributed by atoms with Crippen molar-refractivity contribution in [3.63, 3.8) is 0 Å². The number of carbonyl (C=O) groups is 3. The summed E-state index contributed by atoms with van der Waals surface area (Å²) in [4.78, 5) is 37.3. The van der Waals surface area contributed by atoms with Gasteiger partial charge in [0.05, 0.1) is 0 Å². The zero-order valence-electron chi connectivity index (χ0n) is 15.2.